The summed E-state index contributed by atoms with van der Waals surface area (Å²) in [6, 6.07) is 4.70. The van der Waals surface area contributed by atoms with Crippen molar-refractivity contribution in [1.82, 2.24) is 4.98 Å². The average Bonchev–Trinajstić information content (AvgIpc) is 3.41. The summed E-state index contributed by atoms with van der Waals surface area (Å²) in [7, 11) is 0. The van der Waals surface area contributed by atoms with Crippen molar-refractivity contribution < 1.29 is 14.4 Å². The summed E-state index contributed by atoms with van der Waals surface area (Å²) in [5.41, 5.74) is 0.623. The highest BCUT2D eigenvalue weighted by Crippen LogP contribution is 2.56. The highest BCUT2D eigenvalue weighted by molar-refractivity contribution is 7.13. The lowest BCUT2D eigenvalue weighted by Crippen LogP contribution is -2.33. The number of halogens is 1. The molecule has 138 valence electrons. The van der Waals surface area contributed by atoms with Gasteiger partial charge in [-0.15, -0.1) is 11.3 Å². The lowest BCUT2D eigenvalue weighted by atomic mass is 9.81. The Morgan fingerprint density at radius 3 is 2.52 bits per heavy atom. The minimum Gasteiger partial charge on any atom is -0.298 e. The van der Waals surface area contributed by atoms with Crippen molar-refractivity contribution in [2.24, 2.45) is 23.7 Å². The molecule has 4 atom stereocenters. The van der Waals surface area contributed by atoms with Crippen molar-refractivity contribution in [2.45, 2.75) is 19.3 Å². The van der Waals surface area contributed by atoms with Crippen LogP contribution in [0.4, 0.5) is 10.8 Å². The summed E-state index contributed by atoms with van der Waals surface area (Å²) in [6.07, 6.45) is 4.64. The molecule has 8 heteroatoms. The van der Waals surface area contributed by atoms with Crippen LogP contribution in [0.15, 0.2) is 29.8 Å². The Labute approximate surface area is 164 Å². The number of nitrogens with one attached hydrogen (secondary N) is 1. The van der Waals surface area contributed by atoms with E-state index in [0.717, 1.165) is 19.3 Å². The molecule has 5 rings (SSSR count). The van der Waals surface area contributed by atoms with Gasteiger partial charge in [0, 0.05) is 11.6 Å². The Balaban J connectivity index is 1.47. The maximum Gasteiger partial charge on any atom is 0.259 e. The first-order valence-corrected chi connectivity index (χ1v) is 10.2. The van der Waals surface area contributed by atoms with Crippen molar-refractivity contribution >= 4 is 51.5 Å². The van der Waals surface area contributed by atoms with E-state index in [4.69, 9.17) is 11.6 Å². The molecule has 2 aliphatic carbocycles. The lowest BCUT2D eigenvalue weighted by Gasteiger charge is -2.19. The molecule has 1 aromatic carbocycles. The van der Waals surface area contributed by atoms with Gasteiger partial charge in [0.1, 0.15) is 0 Å². The number of fused-ring (bicyclic) bond motifs is 5. The van der Waals surface area contributed by atoms with E-state index in [-0.39, 0.29) is 34.2 Å². The van der Waals surface area contributed by atoms with Crippen LogP contribution in [0.1, 0.15) is 29.6 Å². The molecule has 6 nitrogen and oxygen atoms in total. The van der Waals surface area contributed by atoms with Crippen molar-refractivity contribution in [3.05, 3.63) is 40.4 Å². The second kappa shape index (κ2) is 6.14. The molecule has 3 aliphatic rings. The molecule has 0 spiro atoms. The van der Waals surface area contributed by atoms with Crippen LogP contribution in [0.5, 0.6) is 0 Å². The van der Waals surface area contributed by atoms with Crippen LogP contribution in [-0.4, -0.2) is 22.7 Å². The Bertz CT molecular complexity index is 933. The van der Waals surface area contributed by atoms with Crippen molar-refractivity contribution in [1.29, 1.82) is 0 Å². The van der Waals surface area contributed by atoms with Gasteiger partial charge in [-0.2, -0.15) is 0 Å². The number of anilines is 2. The van der Waals surface area contributed by atoms with Gasteiger partial charge in [-0.25, -0.2) is 4.98 Å². The fraction of sp³-hybridized carbons (Fsp3) is 0.368. The number of carbonyl (C=O) groups excluding carboxylic acids is 3. The summed E-state index contributed by atoms with van der Waals surface area (Å²) >= 11 is 7.49. The zero-order valence-corrected chi connectivity index (χ0v) is 15.8. The van der Waals surface area contributed by atoms with Crippen LogP contribution in [0.2, 0.25) is 5.02 Å². The standard InChI is InChI=1S/C19H16ClN3O3S/c20-13-4-3-11(8-12(13)16(24)22-19-21-5-6-27-19)23-17(25)14-9-1-2-10(7-9)15(14)18(23)26/h3-6,8-10,14-15H,1-2,7H2,(H,21,22,24)/t9-,10-,14+,15+/m0/s1. The first kappa shape index (κ1) is 16.9. The van der Waals surface area contributed by atoms with Gasteiger partial charge in [0.05, 0.1) is 28.1 Å². The highest BCUT2D eigenvalue weighted by Gasteiger charge is 2.61. The van der Waals surface area contributed by atoms with Gasteiger partial charge >= 0.3 is 0 Å². The molecule has 3 fully saturated rings. The number of carbonyl (C=O) groups is 3. The van der Waals surface area contributed by atoms with Gasteiger partial charge in [0.15, 0.2) is 5.13 Å². The molecule has 27 heavy (non-hydrogen) atoms. The number of nitrogens with zero attached hydrogens (tertiary/aromatic N) is 2. The molecule has 0 radical (unpaired) electrons. The highest BCUT2D eigenvalue weighted by atomic mass is 35.5. The van der Waals surface area contributed by atoms with E-state index in [1.807, 2.05) is 0 Å². The van der Waals surface area contributed by atoms with Crippen LogP contribution < -0.4 is 10.2 Å². The molecule has 1 aliphatic heterocycles. The molecule has 1 saturated heterocycles. The first-order valence-electron chi connectivity index (χ1n) is 8.93. The largest absolute Gasteiger partial charge is 0.298 e. The molecule has 2 heterocycles. The van der Waals surface area contributed by atoms with Crippen LogP contribution in [0.25, 0.3) is 0 Å². The Hall–Kier alpha value is -2.25. The zero-order chi connectivity index (χ0) is 18.7. The van der Waals surface area contributed by atoms with E-state index in [9.17, 15) is 14.4 Å². The van der Waals surface area contributed by atoms with Crippen LogP contribution in [0, 0.1) is 23.7 Å². The van der Waals surface area contributed by atoms with Gasteiger partial charge < -0.3 is 0 Å². The summed E-state index contributed by atoms with van der Waals surface area (Å²) in [5.74, 6) is -0.436. The summed E-state index contributed by atoms with van der Waals surface area (Å²) in [5, 5.41) is 5.15. The molecule has 2 bridgehead atoms. The van der Waals surface area contributed by atoms with Gasteiger partial charge in [0.2, 0.25) is 11.8 Å². The van der Waals surface area contributed by atoms with E-state index in [0.29, 0.717) is 22.7 Å². The monoisotopic (exact) mass is 401 g/mol. The third-order valence-corrected chi connectivity index (χ3v) is 7.05. The molecular weight excluding hydrogens is 386 g/mol. The minimum absolute atomic E-state index is 0.134. The fourth-order valence-corrected chi connectivity index (χ4v) is 5.67. The smallest absolute Gasteiger partial charge is 0.259 e. The van der Waals surface area contributed by atoms with Crippen LogP contribution in [-0.2, 0) is 9.59 Å². The summed E-state index contributed by atoms with van der Waals surface area (Å²) < 4.78 is 0. The number of thiazole rings is 1. The topological polar surface area (TPSA) is 79.4 Å². The van der Waals surface area contributed by atoms with E-state index >= 15 is 0 Å². The molecule has 2 aromatic rings. The van der Waals surface area contributed by atoms with E-state index in [2.05, 4.69) is 10.3 Å². The normalized spacial score (nSPS) is 28.7. The number of hydrogen-bond donors (Lipinski definition) is 1. The molecule has 1 N–H and O–H groups in total. The van der Waals surface area contributed by atoms with E-state index in [1.54, 1.807) is 23.7 Å². The fourth-order valence-electron chi connectivity index (χ4n) is 4.94. The number of hydrogen-bond acceptors (Lipinski definition) is 5. The van der Waals surface area contributed by atoms with Crippen molar-refractivity contribution in [3.63, 3.8) is 0 Å². The number of aromatic nitrogens is 1. The second-order valence-corrected chi connectivity index (χ2v) is 8.65. The number of imide groups is 1. The van der Waals surface area contributed by atoms with Gasteiger partial charge in [-0.1, -0.05) is 11.6 Å². The maximum absolute atomic E-state index is 13.0. The minimum atomic E-state index is -0.420. The van der Waals surface area contributed by atoms with Gasteiger partial charge in [-0.05, 0) is 49.3 Å². The SMILES string of the molecule is O=C(Nc1nccs1)c1cc(N2C(=O)[C@@H]3[C@H]4CC[C@@H](C4)[C@H]3C2=O)ccc1Cl. The summed E-state index contributed by atoms with van der Waals surface area (Å²) in [6.45, 7) is 0. The van der Waals surface area contributed by atoms with Crippen LogP contribution >= 0.6 is 22.9 Å². The molecule has 1 aromatic heterocycles. The molecule has 3 amide bonds. The maximum atomic E-state index is 13.0. The second-order valence-electron chi connectivity index (χ2n) is 7.35. The van der Waals surface area contributed by atoms with Crippen molar-refractivity contribution in [3.8, 4) is 0 Å². The van der Waals surface area contributed by atoms with Gasteiger partial charge in [0.25, 0.3) is 5.91 Å². The number of benzene rings is 1. The van der Waals surface area contributed by atoms with Gasteiger partial charge in [-0.3, -0.25) is 24.6 Å². The number of amides is 3. The molecule has 0 unspecified atom stereocenters. The summed E-state index contributed by atoms with van der Waals surface area (Å²) in [4.78, 5) is 43.8. The third kappa shape index (κ3) is 2.52. The first-order chi connectivity index (χ1) is 13.0. The average molecular weight is 402 g/mol. The predicted molar refractivity (Wildman–Crippen MR) is 102 cm³/mol. The third-order valence-electron chi connectivity index (χ3n) is 6.03. The van der Waals surface area contributed by atoms with Crippen molar-refractivity contribution in [2.75, 3.05) is 10.2 Å². The zero-order valence-electron chi connectivity index (χ0n) is 14.2. The Morgan fingerprint density at radius 1 is 1.19 bits per heavy atom. The molecular formula is C19H16ClN3O3S. The number of rotatable bonds is 3. The quantitative estimate of drug-likeness (QED) is 0.797. The predicted octanol–water partition coefficient (Wildman–Crippen LogP) is 3.58. The molecule has 2 saturated carbocycles. The Kier molecular flexibility index (Phi) is 3.84. The lowest BCUT2D eigenvalue weighted by molar-refractivity contribution is -0.123. The van der Waals surface area contributed by atoms with E-state index in [1.165, 1.54) is 22.3 Å². The Morgan fingerprint density at radius 2 is 1.89 bits per heavy atom. The van der Waals surface area contributed by atoms with E-state index < -0.39 is 5.91 Å². The van der Waals surface area contributed by atoms with Crippen LogP contribution in [0.3, 0.4) is 0 Å².